The molecule has 6 heteroatoms. The normalized spacial score (nSPS) is 21.8. The molecule has 2 amide bonds. The summed E-state index contributed by atoms with van der Waals surface area (Å²) in [6.07, 6.45) is 1.79. The molecule has 0 bridgehead atoms. The van der Waals surface area contributed by atoms with Crippen LogP contribution in [0.1, 0.15) is 19.8 Å². The molecule has 130 valence electrons. The number of para-hydroxylation sites is 1. The lowest BCUT2D eigenvalue weighted by molar-refractivity contribution is -0.140. The van der Waals surface area contributed by atoms with Gasteiger partial charge >= 0.3 is 0 Å². The number of carbonyl (C=O) groups is 2. The van der Waals surface area contributed by atoms with Gasteiger partial charge in [0.2, 0.25) is 11.8 Å². The summed E-state index contributed by atoms with van der Waals surface area (Å²) in [7, 11) is 0. The van der Waals surface area contributed by atoms with E-state index in [-0.39, 0.29) is 17.7 Å². The number of amides is 2. The lowest BCUT2D eigenvalue weighted by Crippen LogP contribution is -2.53. The lowest BCUT2D eigenvalue weighted by atomic mass is 9.96. The number of benzene rings is 1. The summed E-state index contributed by atoms with van der Waals surface area (Å²) in [6.45, 7) is 5.92. The molecule has 2 aliphatic heterocycles. The van der Waals surface area contributed by atoms with E-state index < -0.39 is 0 Å². The highest BCUT2D eigenvalue weighted by Crippen LogP contribution is 2.27. The van der Waals surface area contributed by atoms with E-state index in [4.69, 9.17) is 11.6 Å². The van der Waals surface area contributed by atoms with Crippen LogP contribution >= 0.6 is 11.6 Å². The quantitative estimate of drug-likeness (QED) is 0.822. The fourth-order valence-electron chi connectivity index (χ4n) is 3.60. The number of likely N-dealkylation sites (tertiary alicyclic amines) is 1. The summed E-state index contributed by atoms with van der Waals surface area (Å²) in [5.41, 5.74) is 1.03. The molecule has 2 heterocycles. The van der Waals surface area contributed by atoms with Crippen molar-refractivity contribution >= 4 is 29.1 Å². The summed E-state index contributed by atoms with van der Waals surface area (Å²) >= 11 is 6.26. The fourth-order valence-corrected chi connectivity index (χ4v) is 3.85. The minimum Gasteiger partial charge on any atom is -0.367 e. The maximum atomic E-state index is 12.8. The maximum absolute atomic E-state index is 12.8. The Bertz CT molecular complexity index is 614. The molecule has 3 rings (SSSR count). The van der Waals surface area contributed by atoms with Crippen LogP contribution < -0.4 is 4.90 Å². The fraction of sp³-hybridized carbons (Fsp3) is 0.556. The number of nitrogens with zero attached hydrogens (tertiary/aromatic N) is 3. The smallest absolute Gasteiger partial charge is 0.227 e. The zero-order valence-corrected chi connectivity index (χ0v) is 14.8. The largest absolute Gasteiger partial charge is 0.367 e. The molecule has 1 atom stereocenters. The van der Waals surface area contributed by atoms with E-state index in [0.29, 0.717) is 19.6 Å². The summed E-state index contributed by atoms with van der Waals surface area (Å²) in [6, 6.07) is 7.82. The van der Waals surface area contributed by atoms with Crippen molar-refractivity contribution in [2.75, 3.05) is 44.2 Å². The first-order valence-electron chi connectivity index (χ1n) is 8.60. The molecule has 0 radical (unpaired) electrons. The van der Waals surface area contributed by atoms with E-state index in [1.165, 1.54) is 0 Å². The van der Waals surface area contributed by atoms with Crippen molar-refractivity contribution in [3.05, 3.63) is 29.3 Å². The molecule has 24 heavy (non-hydrogen) atoms. The number of rotatable bonds is 2. The van der Waals surface area contributed by atoms with Crippen molar-refractivity contribution in [3.8, 4) is 0 Å². The van der Waals surface area contributed by atoms with Gasteiger partial charge in [-0.25, -0.2) is 0 Å². The average Bonchev–Trinajstić information content (AvgIpc) is 2.62. The average molecular weight is 350 g/mol. The third-order valence-corrected chi connectivity index (χ3v) is 5.32. The van der Waals surface area contributed by atoms with Gasteiger partial charge in [0.05, 0.1) is 16.6 Å². The Balaban J connectivity index is 1.57. The van der Waals surface area contributed by atoms with Crippen LogP contribution in [0.25, 0.3) is 0 Å². The van der Waals surface area contributed by atoms with Crippen LogP contribution in [-0.2, 0) is 9.59 Å². The number of hydrogen-bond acceptors (Lipinski definition) is 3. The van der Waals surface area contributed by atoms with Crippen molar-refractivity contribution in [1.82, 2.24) is 9.80 Å². The van der Waals surface area contributed by atoms with Crippen LogP contribution in [0.4, 0.5) is 5.69 Å². The number of halogens is 1. The van der Waals surface area contributed by atoms with Gasteiger partial charge in [-0.1, -0.05) is 23.7 Å². The number of hydrogen-bond donors (Lipinski definition) is 0. The number of piperazine rings is 1. The van der Waals surface area contributed by atoms with E-state index >= 15 is 0 Å². The molecule has 0 unspecified atom stereocenters. The standard InChI is InChI=1S/C18H24ClN3O2/c1-14(23)22-8-4-5-15(13-22)18(24)21-11-9-20(10-12-21)17-7-3-2-6-16(17)19/h2-3,6-7,15H,4-5,8-13H2,1H3/t15-/m0/s1. The Morgan fingerprint density at radius 2 is 1.75 bits per heavy atom. The van der Waals surface area contributed by atoms with Gasteiger partial charge in [-0.05, 0) is 25.0 Å². The molecule has 0 aliphatic carbocycles. The third-order valence-electron chi connectivity index (χ3n) is 5.00. The number of piperidine rings is 1. The van der Waals surface area contributed by atoms with E-state index in [0.717, 1.165) is 43.2 Å². The molecule has 1 aromatic rings. The molecular weight excluding hydrogens is 326 g/mol. The number of carbonyl (C=O) groups excluding carboxylic acids is 2. The van der Waals surface area contributed by atoms with Gasteiger partial charge < -0.3 is 14.7 Å². The highest BCUT2D eigenvalue weighted by atomic mass is 35.5. The minimum atomic E-state index is -0.0467. The topological polar surface area (TPSA) is 43.9 Å². The highest BCUT2D eigenvalue weighted by molar-refractivity contribution is 6.33. The monoisotopic (exact) mass is 349 g/mol. The van der Waals surface area contributed by atoms with Crippen molar-refractivity contribution in [2.45, 2.75) is 19.8 Å². The van der Waals surface area contributed by atoms with Gasteiger partial charge in [0.25, 0.3) is 0 Å². The summed E-state index contributed by atoms with van der Waals surface area (Å²) in [5.74, 6) is 0.213. The molecule has 2 aliphatic rings. The second-order valence-electron chi connectivity index (χ2n) is 6.57. The van der Waals surface area contributed by atoms with Crippen LogP contribution in [0.2, 0.25) is 5.02 Å². The van der Waals surface area contributed by atoms with Gasteiger partial charge in [0.1, 0.15) is 0 Å². The lowest BCUT2D eigenvalue weighted by Gasteiger charge is -2.39. The van der Waals surface area contributed by atoms with Crippen molar-refractivity contribution in [1.29, 1.82) is 0 Å². The maximum Gasteiger partial charge on any atom is 0.227 e. The van der Waals surface area contributed by atoms with Crippen molar-refractivity contribution in [3.63, 3.8) is 0 Å². The molecule has 0 spiro atoms. The summed E-state index contributed by atoms with van der Waals surface area (Å²) in [4.78, 5) is 30.3. The van der Waals surface area contributed by atoms with Crippen LogP contribution in [0.3, 0.4) is 0 Å². The molecule has 2 saturated heterocycles. The van der Waals surface area contributed by atoms with Gasteiger partial charge in [-0.2, -0.15) is 0 Å². The summed E-state index contributed by atoms with van der Waals surface area (Å²) in [5, 5.41) is 0.752. The van der Waals surface area contributed by atoms with Crippen LogP contribution in [0.5, 0.6) is 0 Å². The van der Waals surface area contributed by atoms with Gasteiger partial charge in [-0.15, -0.1) is 0 Å². The van der Waals surface area contributed by atoms with E-state index in [1.807, 2.05) is 29.2 Å². The van der Waals surface area contributed by atoms with Gasteiger partial charge in [0.15, 0.2) is 0 Å². The second kappa shape index (κ2) is 7.43. The first kappa shape index (κ1) is 17.1. The zero-order chi connectivity index (χ0) is 17.1. The predicted molar refractivity (Wildman–Crippen MR) is 95.2 cm³/mol. The van der Waals surface area contributed by atoms with E-state index in [1.54, 1.807) is 11.8 Å². The molecule has 1 aromatic carbocycles. The van der Waals surface area contributed by atoms with E-state index in [9.17, 15) is 9.59 Å². The van der Waals surface area contributed by atoms with Crippen molar-refractivity contribution in [2.24, 2.45) is 5.92 Å². The molecular formula is C18H24ClN3O2. The Morgan fingerprint density at radius 1 is 1.04 bits per heavy atom. The van der Waals surface area contributed by atoms with Crippen LogP contribution in [-0.4, -0.2) is 60.9 Å². The van der Waals surface area contributed by atoms with E-state index in [2.05, 4.69) is 4.90 Å². The Hall–Kier alpha value is -1.75. The highest BCUT2D eigenvalue weighted by Gasteiger charge is 2.31. The van der Waals surface area contributed by atoms with Gasteiger partial charge in [-0.3, -0.25) is 9.59 Å². The zero-order valence-electron chi connectivity index (χ0n) is 14.1. The molecule has 0 saturated carbocycles. The first-order valence-corrected chi connectivity index (χ1v) is 8.98. The Kier molecular flexibility index (Phi) is 5.29. The van der Waals surface area contributed by atoms with Crippen LogP contribution in [0, 0.1) is 5.92 Å². The minimum absolute atomic E-state index is 0.0467. The SMILES string of the molecule is CC(=O)N1CCC[C@H](C(=O)N2CCN(c3ccccc3Cl)CC2)C1. The first-order chi connectivity index (χ1) is 11.6. The van der Waals surface area contributed by atoms with Crippen LogP contribution in [0.15, 0.2) is 24.3 Å². The van der Waals surface area contributed by atoms with Crippen molar-refractivity contribution < 1.29 is 9.59 Å². The molecule has 0 N–H and O–H groups in total. The molecule has 2 fully saturated rings. The third kappa shape index (κ3) is 3.66. The predicted octanol–water partition coefficient (Wildman–Crippen LogP) is 2.25. The Morgan fingerprint density at radius 3 is 2.42 bits per heavy atom. The Labute approximate surface area is 148 Å². The number of anilines is 1. The van der Waals surface area contributed by atoms with Gasteiger partial charge in [0, 0.05) is 46.2 Å². The second-order valence-corrected chi connectivity index (χ2v) is 6.98. The molecule has 5 nitrogen and oxygen atoms in total. The molecule has 0 aromatic heterocycles. The summed E-state index contributed by atoms with van der Waals surface area (Å²) < 4.78 is 0.